The summed E-state index contributed by atoms with van der Waals surface area (Å²) in [6.45, 7) is 5.43. The standard InChI is InChI=1S/C27H23ClN4O4/c1-13-11-17(15(3)35-20-9-10-21(28)30-23(20)27(29)34)26-18(12-13)24(33)14(2)25(36-26)22-16-7-5-6-8-19(16)32(4)31-22/h5-12,15H,1-4H3,(H2,29,34)/t15-/m1/s1. The molecule has 3 aromatic heterocycles. The first-order valence-electron chi connectivity index (χ1n) is 11.3. The normalized spacial score (nSPS) is 12.2. The van der Waals surface area contributed by atoms with Gasteiger partial charge in [0.25, 0.3) is 5.91 Å². The zero-order valence-corrected chi connectivity index (χ0v) is 20.9. The first-order valence-corrected chi connectivity index (χ1v) is 11.7. The van der Waals surface area contributed by atoms with Crippen molar-refractivity contribution < 1.29 is 13.9 Å². The van der Waals surface area contributed by atoms with Crippen molar-refractivity contribution in [3.63, 3.8) is 0 Å². The predicted molar refractivity (Wildman–Crippen MR) is 138 cm³/mol. The Hall–Kier alpha value is -4.17. The van der Waals surface area contributed by atoms with Gasteiger partial charge in [-0.1, -0.05) is 29.8 Å². The van der Waals surface area contributed by atoms with Crippen molar-refractivity contribution in [2.24, 2.45) is 12.8 Å². The first kappa shape index (κ1) is 23.6. The Kier molecular flexibility index (Phi) is 5.76. The molecule has 0 bridgehead atoms. The Labute approximate surface area is 211 Å². The van der Waals surface area contributed by atoms with Gasteiger partial charge < -0.3 is 14.9 Å². The lowest BCUT2D eigenvalue weighted by molar-refractivity contribution is 0.0988. The summed E-state index contributed by atoms with van der Waals surface area (Å²) >= 11 is 5.93. The van der Waals surface area contributed by atoms with Crippen LogP contribution >= 0.6 is 11.6 Å². The fraction of sp³-hybridized carbons (Fsp3) is 0.185. The fourth-order valence-corrected chi connectivity index (χ4v) is 4.57. The van der Waals surface area contributed by atoms with Gasteiger partial charge >= 0.3 is 0 Å². The van der Waals surface area contributed by atoms with Crippen LogP contribution in [-0.4, -0.2) is 20.7 Å². The number of primary amides is 1. The van der Waals surface area contributed by atoms with Crippen LogP contribution in [0.1, 0.15) is 40.2 Å². The smallest absolute Gasteiger partial charge is 0.271 e. The van der Waals surface area contributed by atoms with Gasteiger partial charge in [-0.3, -0.25) is 14.3 Å². The number of rotatable bonds is 5. The van der Waals surface area contributed by atoms with Crippen LogP contribution in [0.3, 0.4) is 0 Å². The number of pyridine rings is 1. The van der Waals surface area contributed by atoms with E-state index in [4.69, 9.17) is 26.5 Å². The third kappa shape index (κ3) is 3.89. The molecule has 1 atom stereocenters. The van der Waals surface area contributed by atoms with Gasteiger partial charge in [0.05, 0.1) is 10.9 Å². The zero-order valence-electron chi connectivity index (χ0n) is 20.1. The van der Waals surface area contributed by atoms with Crippen LogP contribution < -0.4 is 15.9 Å². The van der Waals surface area contributed by atoms with Gasteiger partial charge in [0.2, 0.25) is 0 Å². The lowest BCUT2D eigenvalue weighted by Gasteiger charge is -2.19. The molecule has 8 nitrogen and oxygen atoms in total. The third-order valence-electron chi connectivity index (χ3n) is 6.16. The van der Waals surface area contributed by atoms with Gasteiger partial charge in [-0.05, 0) is 56.7 Å². The number of aromatic nitrogens is 3. The van der Waals surface area contributed by atoms with E-state index in [0.29, 0.717) is 33.6 Å². The quantitative estimate of drug-likeness (QED) is 0.328. The summed E-state index contributed by atoms with van der Waals surface area (Å²) in [6.07, 6.45) is -0.618. The van der Waals surface area contributed by atoms with Crippen LogP contribution in [0.5, 0.6) is 5.75 Å². The van der Waals surface area contributed by atoms with E-state index in [9.17, 15) is 9.59 Å². The number of benzene rings is 2. The molecule has 0 aliphatic rings. The van der Waals surface area contributed by atoms with E-state index in [1.54, 1.807) is 24.6 Å². The van der Waals surface area contributed by atoms with Gasteiger partial charge in [0.1, 0.15) is 22.5 Å². The molecule has 5 aromatic rings. The maximum absolute atomic E-state index is 13.5. The maximum Gasteiger partial charge on any atom is 0.271 e. The van der Waals surface area contributed by atoms with Gasteiger partial charge in [0, 0.05) is 23.6 Å². The number of carbonyl (C=O) groups excluding carboxylic acids is 1. The molecule has 0 saturated heterocycles. The summed E-state index contributed by atoms with van der Waals surface area (Å²) < 4.78 is 14.3. The van der Waals surface area contributed by atoms with Crippen LogP contribution in [0.25, 0.3) is 33.3 Å². The number of aryl methyl sites for hydroxylation is 2. The number of nitrogens with two attached hydrogens (primary N) is 1. The van der Waals surface area contributed by atoms with E-state index in [1.165, 1.54) is 12.1 Å². The van der Waals surface area contributed by atoms with Crippen molar-refractivity contribution in [1.82, 2.24) is 14.8 Å². The highest BCUT2D eigenvalue weighted by molar-refractivity contribution is 6.29. The van der Waals surface area contributed by atoms with E-state index in [0.717, 1.165) is 16.5 Å². The van der Waals surface area contributed by atoms with E-state index < -0.39 is 12.0 Å². The largest absolute Gasteiger partial charge is 0.483 e. The van der Waals surface area contributed by atoms with Crippen LogP contribution in [-0.2, 0) is 7.05 Å². The molecule has 2 N–H and O–H groups in total. The average Bonchev–Trinajstić information content (AvgIpc) is 3.18. The Bertz CT molecular complexity index is 1740. The summed E-state index contributed by atoms with van der Waals surface area (Å²) in [4.78, 5) is 29.4. The number of ether oxygens (including phenoxy) is 1. The molecule has 5 rings (SSSR count). The lowest BCUT2D eigenvalue weighted by Crippen LogP contribution is -2.17. The molecule has 2 aromatic carbocycles. The highest BCUT2D eigenvalue weighted by Crippen LogP contribution is 2.35. The van der Waals surface area contributed by atoms with Gasteiger partial charge in [-0.15, -0.1) is 0 Å². The number of nitrogens with zero attached hydrogens (tertiary/aromatic N) is 3. The van der Waals surface area contributed by atoms with Crippen molar-refractivity contribution >= 4 is 39.4 Å². The number of hydrogen-bond donors (Lipinski definition) is 1. The minimum atomic E-state index is -0.764. The predicted octanol–water partition coefficient (Wildman–Crippen LogP) is 5.25. The highest BCUT2D eigenvalue weighted by Gasteiger charge is 2.23. The van der Waals surface area contributed by atoms with Crippen LogP contribution in [0.2, 0.25) is 5.15 Å². The highest BCUT2D eigenvalue weighted by atomic mass is 35.5. The number of amides is 1. The van der Waals surface area contributed by atoms with Crippen LogP contribution in [0.4, 0.5) is 0 Å². The van der Waals surface area contributed by atoms with Gasteiger partial charge in [0.15, 0.2) is 22.6 Å². The molecule has 0 fully saturated rings. The minimum absolute atomic E-state index is 0.0794. The van der Waals surface area contributed by atoms with Crippen molar-refractivity contribution in [3.8, 4) is 17.2 Å². The van der Waals surface area contributed by atoms with E-state index >= 15 is 0 Å². The fourth-order valence-electron chi connectivity index (χ4n) is 4.43. The number of fused-ring (bicyclic) bond motifs is 2. The molecule has 3 heterocycles. The van der Waals surface area contributed by atoms with Crippen molar-refractivity contribution in [3.05, 3.63) is 86.3 Å². The van der Waals surface area contributed by atoms with Crippen molar-refractivity contribution in [2.75, 3.05) is 0 Å². The first-order chi connectivity index (χ1) is 17.2. The summed E-state index contributed by atoms with van der Waals surface area (Å²) in [5.74, 6) is -0.188. The Morgan fingerprint density at radius 1 is 1.14 bits per heavy atom. The van der Waals surface area contributed by atoms with Crippen molar-refractivity contribution in [2.45, 2.75) is 26.9 Å². The second kappa shape index (κ2) is 8.80. The molecule has 36 heavy (non-hydrogen) atoms. The molecule has 0 saturated carbocycles. The minimum Gasteiger partial charge on any atom is -0.483 e. The molecule has 0 unspecified atom stereocenters. The zero-order chi connectivity index (χ0) is 25.7. The van der Waals surface area contributed by atoms with Gasteiger partial charge in [-0.2, -0.15) is 5.10 Å². The van der Waals surface area contributed by atoms with Crippen molar-refractivity contribution in [1.29, 1.82) is 0 Å². The molecule has 0 spiro atoms. The summed E-state index contributed by atoms with van der Waals surface area (Å²) in [5, 5.41) is 6.09. The second-order valence-corrected chi connectivity index (χ2v) is 9.10. The van der Waals surface area contributed by atoms with Crippen LogP contribution in [0.15, 0.2) is 57.7 Å². The van der Waals surface area contributed by atoms with E-state index in [2.05, 4.69) is 10.1 Å². The molecular weight excluding hydrogens is 480 g/mol. The molecule has 182 valence electrons. The number of halogens is 1. The average molecular weight is 503 g/mol. The molecule has 1 amide bonds. The monoisotopic (exact) mass is 502 g/mol. The number of para-hydroxylation sites is 1. The SMILES string of the molecule is Cc1cc([C@@H](C)Oc2ccc(Cl)nc2C(N)=O)c2oc(-c3nn(C)c4ccccc34)c(C)c(=O)c2c1. The molecule has 0 aliphatic heterocycles. The third-order valence-corrected chi connectivity index (χ3v) is 6.37. The summed E-state index contributed by atoms with van der Waals surface area (Å²) in [5.41, 5.74) is 9.10. The second-order valence-electron chi connectivity index (χ2n) is 8.71. The topological polar surface area (TPSA) is 113 Å². The van der Waals surface area contributed by atoms with Crippen LogP contribution in [0, 0.1) is 13.8 Å². The van der Waals surface area contributed by atoms with E-state index in [-0.39, 0.29) is 22.0 Å². The molecular formula is C27H23ClN4O4. The maximum atomic E-state index is 13.5. The Balaban J connectivity index is 1.71. The summed E-state index contributed by atoms with van der Waals surface area (Å²) in [6, 6.07) is 14.5. The van der Waals surface area contributed by atoms with E-state index in [1.807, 2.05) is 44.3 Å². The molecule has 9 heteroatoms. The Morgan fingerprint density at radius 3 is 2.64 bits per heavy atom. The number of hydrogen-bond acceptors (Lipinski definition) is 6. The molecule has 0 radical (unpaired) electrons. The Morgan fingerprint density at radius 2 is 1.89 bits per heavy atom. The lowest BCUT2D eigenvalue weighted by atomic mass is 10.0. The molecule has 0 aliphatic carbocycles. The number of carbonyl (C=O) groups is 1. The van der Waals surface area contributed by atoms with Gasteiger partial charge in [-0.25, -0.2) is 4.98 Å². The summed E-state index contributed by atoms with van der Waals surface area (Å²) in [7, 11) is 1.85.